The van der Waals surface area contributed by atoms with Crippen LogP contribution in [0, 0.1) is 5.92 Å². The number of ether oxygens (including phenoxy) is 3. The van der Waals surface area contributed by atoms with Crippen LogP contribution in [0.15, 0.2) is 29.3 Å². The Kier molecular flexibility index (Phi) is 10.7. The lowest BCUT2D eigenvalue weighted by Crippen LogP contribution is -2.43. The van der Waals surface area contributed by atoms with E-state index in [1.54, 1.807) is 7.11 Å². The van der Waals surface area contributed by atoms with Gasteiger partial charge in [-0.15, -0.1) is 24.0 Å². The normalized spacial score (nSPS) is 18.4. The van der Waals surface area contributed by atoms with Gasteiger partial charge in [-0.1, -0.05) is 12.1 Å². The molecule has 0 bridgehead atoms. The third kappa shape index (κ3) is 7.27. The quantitative estimate of drug-likeness (QED) is 0.216. The second-order valence-electron chi connectivity index (χ2n) is 8.23. The van der Waals surface area contributed by atoms with Gasteiger partial charge in [0.05, 0.1) is 20.3 Å². The minimum atomic E-state index is 0. The monoisotopic (exact) mass is 531 g/mol. The van der Waals surface area contributed by atoms with Crippen LogP contribution in [0.1, 0.15) is 38.2 Å². The van der Waals surface area contributed by atoms with E-state index in [4.69, 9.17) is 19.2 Å². The summed E-state index contributed by atoms with van der Waals surface area (Å²) in [4.78, 5) is 7.22. The molecule has 1 saturated carbocycles. The van der Waals surface area contributed by atoms with Crippen molar-refractivity contribution in [3.05, 3.63) is 29.8 Å². The van der Waals surface area contributed by atoms with Crippen LogP contribution in [0.2, 0.25) is 0 Å². The summed E-state index contributed by atoms with van der Waals surface area (Å²) in [5, 5.41) is 3.44. The van der Waals surface area contributed by atoms with Gasteiger partial charge in [0.2, 0.25) is 0 Å². The predicted octanol–water partition coefficient (Wildman–Crippen LogP) is 3.69. The molecule has 0 atom stereocenters. The summed E-state index contributed by atoms with van der Waals surface area (Å²) in [6.45, 7) is 7.77. The maximum Gasteiger partial charge on any atom is 0.193 e. The maximum absolute atomic E-state index is 5.81. The summed E-state index contributed by atoms with van der Waals surface area (Å²) in [5.74, 6) is 2.64. The predicted molar refractivity (Wildman–Crippen MR) is 132 cm³/mol. The van der Waals surface area contributed by atoms with E-state index < -0.39 is 0 Å². The van der Waals surface area contributed by atoms with Crippen LogP contribution in [0.25, 0.3) is 0 Å². The molecule has 7 heteroatoms. The summed E-state index contributed by atoms with van der Waals surface area (Å²) >= 11 is 0. The van der Waals surface area contributed by atoms with Gasteiger partial charge >= 0.3 is 0 Å². The molecule has 0 unspecified atom stereocenters. The number of methoxy groups -OCH3 is 1. The first-order chi connectivity index (χ1) is 14.2. The fraction of sp³-hybridized carbons (Fsp3) is 0.696. The number of hydrogen-bond acceptors (Lipinski definition) is 4. The highest BCUT2D eigenvalue weighted by molar-refractivity contribution is 14.0. The maximum atomic E-state index is 5.81. The van der Waals surface area contributed by atoms with Gasteiger partial charge in [-0.25, -0.2) is 0 Å². The molecular weight excluding hydrogens is 493 g/mol. The molecule has 1 aliphatic carbocycles. The third-order valence-corrected chi connectivity index (χ3v) is 6.00. The standard InChI is InChI=1S/C23H37N3O3.HI/c1-4-24-22(26(2)13-16-29-17-19-5-6-19)25-18-23(11-14-28-15-12-23)20-7-9-21(27-3)10-8-20;/h7-10,19H,4-6,11-18H2,1-3H3,(H,24,25);1H. The summed E-state index contributed by atoms with van der Waals surface area (Å²) < 4.78 is 16.8. The molecule has 6 nitrogen and oxygen atoms in total. The van der Waals surface area contributed by atoms with Crippen LogP contribution >= 0.6 is 24.0 Å². The minimum Gasteiger partial charge on any atom is -0.497 e. The lowest BCUT2D eigenvalue weighted by atomic mass is 9.74. The molecule has 1 aliphatic heterocycles. The topological polar surface area (TPSA) is 55.3 Å². The van der Waals surface area contributed by atoms with E-state index >= 15 is 0 Å². The Bertz CT molecular complexity index is 644. The van der Waals surface area contributed by atoms with Gasteiger partial charge in [-0.2, -0.15) is 0 Å². The van der Waals surface area contributed by atoms with Crippen molar-refractivity contribution in [2.24, 2.45) is 10.9 Å². The molecule has 3 rings (SSSR count). The number of aliphatic imine (C=N–C) groups is 1. The van der Waals surface area contributed by atoms with Crippen LogP contribution in [0.4, 0.5) is 0 Å². The molecule has 0 spiro atoms. The van der Waals surface area contributed by atoms with Gasteiger partial charge in [0.25, 0.3) is 0 Å². The minimum absolute atomic E-state index is 0. The molecule has 2 aliphatic rings. The third-order valence-electron chi connectivity index (χ3n) is 6.00. The Morgan fingerprint density at radius 2 is 1.93 bits per heavy atom. The average molecular weight is 531 g/mol. The largest absolute Gasteiger partial charge is 0.497 e. The molecule has 1 aromatic carbocycles. The van der Waals surface area contributed by atoms with Crippen molar-refractivity contribution >= 4 is 29.9 Å². The van der Waals surface area contributed by atoms with Gasteiger partial charge in [0.15, 0.2) is 5.96 Å². The number of benzene rings is 1. The zero-order valence-electron chi connectivity index (χ0n) is 18.7. The van der Waals surface area contributed by atoms with E-state index in [2.05, 4.69) is 36.3 Å². The number of halogens is 1. The SMILES string of the molecule is CCNC(=NCC1(c2ccc(OC)cc2)CCOCC1)N(C)CCOCC1CC1.I. The van der Waals surface area contributed by atoms with Crippen molar-refractivity contribution in [1.29, 1.82) is 0 Å². The van der Waals surface area contributed by atoms with Gasteiger partial charge in [-0.05, 0) is 56.2 Å². The number of likely N-dealkylation sites (N-methyl/N-ethyl adjacent to an activating group) is 1. The van der Waals surface area contributed by atoms with Crippen molar-refractivity contribution in [3.63, 3.8) is 0 Å². The van der Waals surface area contributed by atoms with Crippen molar-refractivity contribution in [1.82, 2.24) is 10.2 Å². The fourth-order valence-corrected chi connectivity index (χ4v) is 3.78. The molecule has 1 saturated heterocycles. The van der Waals surface area contributed by atoms with Crippen molar-refractivity contribution in [2.45, 2.75) is 38.0 Å². The molecule has 1 heterocycles. The van der Waals surface area contributed by atoms with Crippen LogP contribution in [-0.2, 0) is 14.9 Å². The highest BCUT2D eigenvalue weighted by Crippen LogP contribution is 2.36. The van der Waals surface area contributed by atoms with E-state index in [-0.39, 0.29) is 29.4 Å². The summed E-state index contributed by atoms with van der Waals surface area (Å²) in [6.07, 6.45) is 4.63. The Morgan fingerprint density at radius 3 is 2.53 bits per heavy atom. The Hall–Kier alpha value is -1.06. The van der Waals surface area contributed by atoms with E-state index in [9.17, 15) is 0 Å². The van der Waals surface area contributed by atoms with Crippen LogP contribution in [0.5, 0.6) is 5.75 Å². The average Bonchev–Trinajstić information content (AvgIpc) is 3.59. The molecule has 0 radical (unpaired) electrons. The first kappa shape index (κ1) is 25.2. The number of hydrogen-bond donors (Lipinski definition) is 1. The molecular formula is C23H38IN3O3. The van der Waals surface area contributed by atoms with Gasteiger partial charge in [-0.3, -0.25) is 4.99 Å². The van der Waals surface area contributed by atoms with E-state index in [1.165, 1.54) is 18.4 Å². The van der Waals surface area contributed by atoms with Crippen LogP contribution in [-0.4, -0.2) is 71.1 Å². The second kappa shape index (κ2) is 12.7. The zero-order valence-corrected chi connectivity index (χ0v) is 21.0. The van der Waals surface area contributed by atoms with Crippen LogP contribution < -0.4 is 10.1 Å². The molecule has 170 valence electrons. The molecule has 1 N–H and O–H groups in total. The van der Waals surface area contributed by atoms with Crippen LogP contribution in [0.3, 0.4) is 0 Å². The highest BCUT2D eigenvalue weighted by atomic mass is 127. The Morgan fingerprint density at radius 1 is 1.23 bits per heavy atom. The summed E-state index contributed by atoms with van der Waals surface area (Å²) in [6, 6.07) is 8.46. The first-order valence-electron chi connectivity index (χ1n) is 11.0. The number of nitrogens with zero attached hydrogens (tertiary/aromatic N) is 2. The Balaban J connectivity index is 0.00000320. The lowest BCUT2D eigenvalue weighted by molar-refractivity contribution is 0.0530. The fourth-order valence-electron chi connectivity index (χ4n) is 3.78. The number of nitrogens with one attached hydrogen (secondary N) is 1. The van der Waals surface area contributed by atoms with E-state index in [0.717, 1.165) is 76.5 Å². The van der Waals surface area contributed by atoms with E-state index in [0.29, 0.717) is 0 Å². The smallest absolute Gasteiger partial charge is 0.193 e. The lowest BCUT2D eigenvalue weighted by Gasteiger charge is -2.37. The van der Waals surface area contributed by atoms with Crippen molar-refractivity contribution in [3.8, 4) is 5.75 Å². The number of guanidine groups is 1. The highest BCUT2D eigenvalue weighted by Gasteiger charge is 2.34. The summed E-state index contributed by atoms with van der Waals surface area (Å²) in [7, 11) is 3.79. The molecule has 2 fully saturated rings. The van der Waals surface area contributed by atoms with Gasteiger partial charge in [0.1, 0.15) is 5.75 Å². The molecule has 1 aromatic rings. The van der Waals surface area contributed by atoms with Gasteiger partial charge < -0.3 is 24.4 Å². The van der Waals surface area contributed by atoms with Crippen molar-refractivity contribution in [2.75, 3.05) is 60.2 Å². The second-order valence-corrected chi connectivity index (χ2v) is 8.23. The van der Waals surface area contributed by atoms with Gasteiger partial charge in [0, 0.05) is 45.4 Å². The number of rotatable bonds is 10. The zero-order chi connectivity index (χ0) is 20.5. The molecule has 0 aromatic heterocycles. The van der Waals surface area contributed by atoms with Crippen molar-refractivity contribution < 1.29 is 14.2 Å². The molecule has 30 heavy (non-hydrogen) atoms. The summed E-state index contributed by atoms with van der Waals surface area (Å²) in [5.41, 5.74) is 1.32. The van der Waals surface area contributed by atoms with E-state index in [1.807, 2.05) is 12.1 Å². The molecule has 0 amide bonds. The first-order valence-corrected chi connectivity index (χ1v) is 11.0. The Labute approximate surface area is 198 Å².